The molecular formula is C18H25N5OS. The Kier molecular flexibility index (Phi) is 5.65. The van der Waals surface area contributed by atoms with Crippen molar-refractivity contribution >= 4 is 22.4 Å². The van der Waals surface area contributed by atoms with Crippen LogP contribution in [0.1, 0.15) is 30.3 Å². The molecule has 1 aliphatic heterocycles. The minimum absolute atomic E-state index is 0.00274. The molecule has 0 bridgehead atoms. The average Bonchev–Trinajstić information content (AvgIpc) is 3.21. The number of aromatic nitrogens is 2. The van der Waals surface area contributed by atoms with Crippen LogP contribution in [0.25, 0.3) is 0 Å². The molecule has 134 valence electrons. The highest BCUT2D eigenvalue weighted by Crippen LogP contribution is 2.30. The Labute approximate surface area is 152 Å². The molecular weight excluding hydrogens is 334 g/mol. The molecule has 2 heterocycles. The fourth-order valence-corrected chi connectivity index (χ4v) is 3.96. The summed E-state index contributed by atoms with van der Waals surface area (Å²) in [6, 6.07) is 10.5. The Balaban J connectivity index is 1.54. The van der Waals surface area contributed by atoms with Crippen LogP contribution in [0.5, 0.6) is 0 Å². The molecule has 0 spiro atoms. The molecule has 1 fully saturated rings. The van der Waals surface area contributed by atoms with E-state index in [1.807, 2.05) is 6.07 Å². The third-order valence-corrected chi connectivity index (χ3v) is 5.72. The van der Waals surface area contributed by atoms with Crippen molar-refractivity contribution in [1.82, 2.24) is 20.4 Å². The number of carbonyl (C=O) groups is 1. The highest BCUT2D eigenvalue weighted by Gasteiger charge is 2.36. The van der Waals surface area contributed by atoms with Crippen LogP contribution in [0.3, 0.4) is 0 Å². The molecule has 1 aliphatic rings. The molecule has 1 amide bonds. The van der Waals surface area contributed by atoms with Crippen LogP contribution in [0.15, 0.2) is 30.3 Å². The number of carbonyl (C=O) groups excluding carboxylic acids is 1. The summed E-state index contributed by atoms with van der Waals surface area (Å²) in [5.41, 5.74) is 1.32. The zero-order chi connectivity index (χ0) is 17.7. The lowest BCUT2D eigenvalue weighted by Crippen LogP contribution is -2.49. The smallest absolute Gasteiger partial charge is 0.227 e. The Hall–Kier alpha value is -1.99. The number of amides is 1. The molecule has 7 heteroatoms. The first kappa shape index (κ1) is 17.8. The lowest BCUT2D eigenvalue weighted by Gasteiger charge is -2.35. The monoisotopic (exact) mass is 359 g/mol. The average molecular weight is 359 g/mol. The number of anilines is 1. The van der Waals surface area contributed by atoms with Gasteiger partial charge < -0.3 is 10.6 Å². The highest BCUT2D eigenvalue weighted by atomic mass is 32.1. The molecule has 3 rings (SSSR count). The molecule has 0 aliphatic carbocycles. The van der Waals surface area contributed by atoms with Gasteiger partial charge in [0.15, 0.2) is 0 Å². The fraction of sp³-hybridized carbons (Fsp3) is 0.500. The molecule has 25 heavy (non-hydrogen) atoms. The molecule has 2 N–H and O–H groups in total. The summed E-state index contributed by atoms with van der Waals surface area (Å²) in [6.45, 7) is 4.90. The van der Waals surface area contributed by atoms with Crippen molar-refractivity contribution in [3.63, 3.8) is 0 Å². The van der Waals surface area contributed by atoms with E-state index in [2.05, 4.69) is 56.9 Å². The second-order valence-electron chi connectivity index (χ2n) is 6.71. The first-order valence-corrected chi connectivity index (χ1v) is 9.46. The van der Waals surface area contributed by atoms with Gasteiger partial charge in [-0.2, -0.15) is 0 Å². The van der Waals surface area contributed by atoms with Crippen LogP contribution < -0.4 is 10.6 Å². The van der Waals surface area contributed by atoms with Crippen LogP contribution in [0.2, 0.25) is 0 Å². The number of likely N-dealkylation sites (tertiary alicyclic amines) is 1. The molecule has 1 aromatic heterocycles. The maximum absolute atomic E-state index is 12.3. The van der Waals surface area contributed by atoms with Crippen molar-refractivity contribution < 1.29 is 4.79 Å². The van der Waals surface area contributed by atoms with Crippen LogP contribution in [-0.2, 0) is 17.8 Å². The van der Waals surface area contributed by atoms with Gasteiger partial charge in [0, 0.05) is 25.7 Å². The molecule has 6 nitrogen and oxygen atoms in total. The fourth-order valence-electron chi connectivity index (χ4n) is 3.27. The normalized spacial score (nSPS) is 20.6. The summed E-state index contributed by atoms with van der Waals surface area (Å²) in [5, 5.41) is 15.5. The van der Waals surface area contributed by atoms with Crippen LogP contribution in [-0.4, -0.2) is 46.7 Å². The summed E-state index contributed by atoms with van der Waals surface area (Å²) in [6.07, 6.45) is 2.55. The quantitative estimate of drug-likeness (QED) is 0.794. The maximum atomic E-state index is 12.3. The third-order valence-electron chi connectivity index (χ3n) is 4.78. The molecule has 0 saturated carbocycles. The van der Waals surface area contributed by atoms with E-state index in [1.54, 1.807) is 7.05 Å². The maximum Gasteiger partial charge on any atom is 0.227 e. The summed E-state index contributed by atoms with van der Waals surface area (Å²) >= 11 is 1.42. The van der Waals surface area contributed by atoms with Gasteiger partial charge in [0.2, 0.25) is 11.0 Å². The molecule has 2 aromatic rings. The number of hydrogen-bond donors (Lipinski definition) is 2. The standard InChI is InChI=1S/C18H25N5OS/c1-18(9-6-10-23(18)12-14-7-4-3-5-8-14)13-20-15(24)11-16-21-22-17(19-2)25-16/h3-5,7-8H,6,9-13H2,1-2H3,(H,19,22)(H,20,24). The molecule has 1 atom stereocenters. The van der Waals surface area contributed by atoms with Crippen molar-refractivity contribution in [3.8, 4) is 0 Å². The Bertz CT molecular complexity index is 705. The van der Waals surface area contributed by atoms with Gasteiger partial charge >= 0.3 is 0 Å². The van der Waals surface area contributed by atoms with E-state index >= 15 is 0 Å². The second kappa shape index (κ2) is 7.93. The second-order valence-corrected chi connectivity index (χ2v) is 7.77. The van der Waals surface area contributed by atoms with Crippen molar-refractivity contribution in [2.24, 2.45) is 0 Å². The first-order chi connectivity index (χ1) is 12.1. The van der Waals surface area contributed by atoms with Crippen molar-refractivity contribution in [3.05, 3.63) is 40.9 Å². The topological polar surface area (TPSA) is 70.1 Å². The Morgan fingerprint density at radius 1 is 1.32 bits per heavy atom. The van der Waals surface area contributed by atoms with Crippen molar-refractivity contribution in [2.45, 2.75) is 38.3 Å². The van der Waals surface area contributed by atoms with E-state index in [9.17, 15) is 4.79 Å². The van der Waals surface area contributed by atoms with Gasteiger partial charge in [-0.15, -0.1) is 10.2 Å². The number of hydrogen-bond acceptors (Lipinski definition) is 6. The van der Waals surface area contributed by atoms with Crippen molar-refractivity contribution in [1.29, 1.82) is 0 Å². The van der Waals surface area contributed by atoms with E-state index in [0.29, 0.717) is 6.54 Å². The predicted octanol–water partition coefficient (Wildman–Crippen LogP) is 2.29. The molecule has 1 unspecified atom stereocenters. The summed E-state index contributed by atoms with van der Waals surface area (Å²) < 4.78 is 0. The summed E-state index contributed by atoms with van der Waals surface area (Å²) in [7, 11) is 1.80. The van der Waals surface area contributed by atoms with E-state index in [0.717, 1.165) is 29.6 Å². The predicted molar refractivity (Wildman–Crippen MR) is 101 cm³/mol. The van der Waals surface area contributed by atoms with E-state index in [-0.39, 0.29) is 17.9 Å². The number of nitrogens with one attached hydrogen (secondary N) is 2. The van der Waals surface area contributed by atoms with Crippen LogP contribution in [0.4, 0.5) is 5.13 Å². The SMILES string of the molecule is CNc1nnc(CC(=O)NCC2(C)CCCN2Cc2ccccc2)s1. The van der Waals surface area contributed by atoms with Crippen LogP contribution in [0, 0.1) is 0 Å². The third kappa shape index (κ3) is 4.55. The van der Waals surface area contributed by atoms with Gasteiger partial charge in [0.1, 0.15) is 5.01 Å². The van der Waals surface area contributed by atoms with E-state index in [4.69, 9.17) is 0 Å². The highest BCUT2D eigenvalue weighted by molar-refractivity contribution is 7.15. The van der Waals surface area contributed by atoms with Crippen molar-refractivity contribution in [2.75, 3.05) is 25.5 Å². The van der Waals surface area contributed by atoms with Crippen LogP contribution >= 0.6 is 11.3 Å². The molecule has 1 aromatic carbocycles. The Morgan fingerprint density at radius 3 is 2.84 bits per heavy atom. The first-order valence-electron chi connectivity index (χ1n) is 8.65. The molecule has 0 radical (unpaired) electrons. The minimum Gasteiger partial charge on any atom is -0.363 e. The largest absolute Gasteiger partial charge is 0.363 e. The minimum atomic E-state index is 0.00274. The van der Waals surface area contributed by atoms with Gasteiger partial charge in [0.05, 0.1) is 6.42 Å². The summed E-state index contributed by atoms with van der Waals surface area (Å²) in [4.78, 5) is 14.7. The summed E-state index contributed by atoms with van der Waals surface area (Å²) in [5.74, 6) is 0.00610. The zero-order valence-corrected chi connectivity index (χ0v) is 15.6. The van der Waals surface area contributed by atoms with E-state index in [1.165, 1.54) is 23.3 Å². The molecule has 1 saturated heterocycles. The zero-order valence-electron chi connectivity index (χ0n) is 14.8. The lowest BCUT2D eigenvalue weighted by molar-refractivity contribution is -0.121. The van der Waals surface area contributed by atoms with Gasteiger partial charge in [-0.3, -0.25) is 9.69 Å². The van der Waals surface area contributed by atoms with Gasteiger partial charge in [-0.05, 0) is 31.9 Å². The lowest BCUT2D eigenvalue weighted by atomic mass is 9.98. The van der Waals surface area contributed by atoms with Gasteiger partial charge in [-0.25, -0.2) is 0 Å². The number of benzene rings is 1. The Morgan fingerprint density at radius 2 is 2.12 bits per heavy atom. The van der Waals surface area contributed by atoms with E-state index < -0.39 is 0 Å². The number of rotatable bonds is 7. The van der Waals surface area contributed by atoms with Gasteiger partial charge in [-0.1, -0.05) is 41.7 Å². The number of nitrogens with zero attached hydrogens (tertiary/aromatic N) is 3. The van der Waals surface area contributed by atoms with Gasteiger partial charge in [0.25, 0.3) is 0 Å².